The second-order valence-electron chi connectivity index (χ2n) is 5.60. The summed E-state index contributed by atoms with van der Waals surface area (Å²) in [5.74, 6) is 0.870. The summed E-state index contributed by atoms with van der Waals surface area (Å²) < 4.78 is 5.42. The molecule has 0 aromatic heterocycles. The van der Waals surface area contributed by atoms with E-state index in [0.29, 0.717) is 13.0 Å². The Morgan fingerprint density at radius 3 is 2.42 bits per heavy atom. The van der Waals surface area contributed by atoms with Crippen LogP contribution in [-0.2, 0) is 0 Å². The Bertz CT molecular complexity index is 382. The van der Waals surface area contributed by atoms with Crippen LogP contribution < -0.4 is 10.5 Å². The van der Waals surface area contributed by atoms with Crippen molar-refractivity contribution in [3.05, 3.63) is 29.8 Å². The molecule has 0 spiro atoms. The summed E-state index contributed by atoms with van der Waals surface area (Å²) in [6, 6.07) is 7.80. The lowest BCUT2D eigenvalue weighted by molar-refractivity contribution is -0.00944. The largest absolute Gasteiger partial charge is 0.494 e. The normalized spacial score (nSPS) is 19.9. The van der Waals surface area contributed by atoms with Crippen LogP contribution in [0.5, 0.6) is 5.75 Å². The van der Waals surface area contributed by atoms with Crippen LogP contribution in [0.2, 0.25) is 0 Å². The molecule has 0 saturated heterocycles. The summed E-state index contributed by atoms with van der Waals surface area (Å²) in [7, 11) is 0. The number of rotatable bonds is 5. The fraction of sp³-hybridized carbons (Fsp3) is 0.625. The molecule has 0 amide bonds. The molecule has 0 heterocycles. The smallest absolute Gasteiger partial charge is 0.119 e. The Kier molecular flexibility index (Phi) is 4.83. The minimum absolute atomic E-state index is 0.0984. The van der Waals surface area contributed by atoms with Gasteiger partial charge in [-0.2, -0.15) is 0 Å². The molecule has 0 bridgehead atoms. The van der Waals surface area contributed by atoms with Gasteiger partial charge in [0.05, 0.1) is 12.2 Å². The second-order valence-corrected chi connectivity index (χ2v) is 5.60. The van der Waals surface area contributed by atoms with E-state index < -0.39 is 5.60 Å². The third-order valence-electron chi connectivity index (χ3n) is 4.00. The molecule has 1 aliphatic rings. The van der Waals surface area contributed by atoms with Gasteiger partial charge in [-0.1, -0.05) is 31.4 Å². The maximum absolute atomic E-state index is 10.5. The molecular formula is C16H25NO2. The first kappa shape index (κ1) is 14.4. The lowest BCUT2D eigenvalue weighted by Gasteiger charge is -2.34. The maximum atomic E-state index is 10.5. The van der Waals surface area contributed by atoms with Crippen molar-refractivity contribution in [2.75, 3.05) is 6.61 Å². The maximum Gasteiger partial charge on any atom is 0.119 e. The summed E-state index contributed by atoms with van der Waals surface area (Å²) in [4.78, 5) is 0. The zero-order chi connectivity index (χ0) is 13.7. The predicted octanol–water partition coefficient (Wildman–Crippen LogP) is 3.17. The molecule has 106 valence electrons. The van der Waals surface area contributed by atoms with E-state index >= 15 is 0 Å². The highest BCUT2D eigenvalue weighted by Crippen LogP contribution is 2.35. The third kappa shape index (κ3) is 3.95. The average Bonchev–Trinajstić information content (AvgIpc) is 2.40. The van der Waals surface area contributed by atoms with E-state index in [1.54, 1.807) is 0 Å². The van der Waals surface area contributed by atoms with Gasteiger partial charge < -0.3 is 15.6 Å². The molecular weight excluding hydrogens is 238 g/mol. The van der Waals surface area contributed by atoms with Gasteiger partial charge in [-0.15, -0.1) is 0 Å². The molecule has 0 aliphatic heterocycles. The van der Waals surface area contributed by atoms with Crippen molar-refractivity contribution in [3.8, 4) is 5.75 Å². The molecule has 1 unspecified atom stereocenters. The molecule has 1 fully saturated rings. The highest BCUT2D eigenvalue weighted by Gasteiger charge is 2.31. The molecule has 1 atom stereocenters. The number of hydrogen-bond donors (Lipinski definition) is 2. The lowest BCUT2D eigenvalue weighted by atomic mass is 9.79. The third-order valence-corrected chi connectivity index (χ3v) is 4.00. The molecule has 1 aromatic rings. The van der Waals surface area contributed by atoms with Crippen LogP contribution >= 0.6 is 0 Å². The molecule has 2 rings (SSSR count). The van der Waals surface area contributed by atoms with Gasteiger partial charge in [-0.05, 0) is 43.9 Å². The number of hydrogen-bond acceptors (Lipinski definition) is 3. The Labute approximate surface area is 115 Å². The minimum Gasteiger partial charge on any atom is -0.494 e. The lowest BCUT2D eigenvalue weighted by Crippen LogP contribution is -2.35. The van der Waals surface area contributed by atoms with Gasteiger partial charge in [0.15, 0.2) is 0 Å². The molecule has 3 N–H and O–H groups in total. The van der Waals surface area contributed by atoms with Crippen molar-refractivity contribution in [2.24, 2.45) is 5.73 Å². The fourth-order valence-electron chi connectivity index (χ4n) is 2.92. The van der Waals surface area contributed by atoms with Crippen LogP contribution in [-0.4, -0.2) is 17.3 Å². The Morgan fingerprint density at radius 1 is 1.21 bits per heavy atom. The van der Waals surface area contributed by atoms with Gasteiger partial charge >= 0.3 is 0 Å². The highest BCUT2D eigenvalue weighted by atomic mass is 16.5. The topological polar surface area (TPSA) is 55.5 Å². The molecule has 19 heavy (non-hydrogen) atoms. The van der Waals surface area contributed by atoms with Gasteiger partial charge in [0.2, 0.25) is 0 Å². The molecule has 3 heteroatoms. The second kappa shape index (κ2) is 6.40. The average molecular weight is 263 g/mol. The quantitative estimate of drug-likeness (QED) is 0.858. The van der Waals surface area contributed by atoms with Gasteiger partial charge in [-0.3, -0.25) is 0 Å². The van der Waals surface area contributed by atoms with Crippen LogP contribution in [0, 0.1) is 0 Å². The van der Waals surface area contributed by atoms with Crippen molar-refractivity contribution < 1.29 is 9.84 Å². The summed E-state index contributed by atoms with van der Waals surface area (Å²) in [5, 5.41) is 10.5. The van der Waals surface area contributed by atoms with Crippen LogP contribution in [0.15, 0.2) is 24.3 Å². The summed E-state index contributed by atoms with van der Waals surface area (Å²) in [6.45, 7) is 2.64. The van der Waals surface area contributed by atoms with Gasteiger partial charge in [-0.25, -0.2) is 0 Å². The van der Waals surface area contributed by atoms with E-state index in [1.165, 1.54) is 6.42 Å². The van der Waals surface area contributed by atoms with Crippen molar-refractivity contribution >= 4 is 0 Å². The molecule has 3 nitrogen and oxygen atoms in total. The minimum atomic E-state index is -0.559. The summed E-state index contributed by atoms with van der Waals surface area (Å²) >= 11 is 0. The summed E-state index contributed by atoms with van der Waals surface area (Å²) in [5.41, 5.74) is 6.75. The SMILES string of the molecule is CCOc1ccc(C(N)CC2(O)CCCCC2)cc1. The zero-order valence-corrected chi connectivity index (χ0v) is 11.8. The van der Waals surface area contributed by atoms with Crippen LogP contribution in [0.4, 0.5) is 0 Å². The van der Waals surface area contributed by atoms with Gasteiger partial charge in [0.25, 0.3) is 0 Å². The van der Waals surface area contributed by atoms with Gasteiger partial charge in [0, 0.05) is 6.04 Å². The standard InChI is InChI=1S/C16H25NO2/c1-2-19-14-8-6-13(7-9-14)15(17)12-16(18)10-4-3-5-11-16/h6-9,15,18H,2-5,10-12,17H2,1H3. The Hall–Kier alpha value is -1.06. The molecule has 1 saturated carbocycles. The molecule has 1 aliphatic carbocycles. The van der Waals surface area contributed by atoms with E-state index in [-0.39, 0.29) is 6.04 Å². The fourth-order valence-corrected chi connectivity index (χ4v) is 2.92. The van der Waals surface area contributed by atoms with E-state index in [4.69, 9.17) is 10.5 Å². The van der Waals surface area contributed by atoms with E-state index in [2.05, 4.69) is 0 Å². The van der Waals surface area contributed by atoms with Crippen LogP contribution in [0.1, 0.15) is 57.1 Å². The number of aliphatic hydroxyl groups is 1. The first-order valence-electron chi connectivity index (χ1n) is 7.34. The Balaban J connectivity index is 1.96. The number of benzene rings is 1. The van der Waals surface area contributed by atoms with Crippen molar-refractivity contribution in [3.63, 3.8) is 0 Å². The number of ether oxygens (including phenoxy) is 1. The van der Waals surface area contributed by atoms with Crippen LogP contribution in [0.25, 0.3) is 0 Å². The van der Waals surface area contributed by atoms with E-state index in [0.717, 1.165) is 37.0 Å². The van der Waals surface area contributed by atoms with E-state index in [9.17, 15) is 5.11 Å². The van der Waals surface area contributed by atoms with E-state index in [1.807, 2.05) is 31.2 Å². The van der Waals surface area contributed by atoms with Crippen molar-refractivity contribution in [2.45, 2.75) is 57.1 Å². The molecule has 0 radical (unpaired) electrons. The van der Waals surface area contributed by atoms with Crippen LogP contribution in [0.3, 0.4) is 0 Å². The van der Waals surface area contributed by atoms with Gasteiger partial charge in [0.1, 0.15) is 5.75 Å². The number of nitrogens with two attached hydrogens (primary N) is 1. The first-order chi connectivity index (χ1) is 9.13. The van der Waals surface area contributed by atoms with Crippen molar-refractivity contribution in [1.82, 2.24) is 0 Å². The first-order valence-corrected chi connectivity index (χ1v) is 7.34. The van der Waals surface area contributed by atoms with Crippen molar-refractivity contribution in [1.29, 1.82) is 0 Å². The molecule has 1 aromatic carbocycles. The zero-order valence-electron chi connectivity index (χ0n) is 11.8. The monoisotopic (exact) mass is 263 g/mol. The summed E-state index contributed by atoms with van der Waals surface area (Å²) in [6.07, 6.45) is 5.90. The highest BCUT2D eigenvalue weighted by molar-refractivity contribution is 5.29. The predicted molar refractivity (Wildman–Crippen MR) is 77.2 cm³/mol. The Morgan fingerprint density at radius 2 is 1.84 bits per heavy atom.